The van der Waals surface area contributed by atoms with Gasteiger partial charge in [0.1, 0.15) is 0 Å². The van der Waals surface area contributed by atoms with Gasteiger partial charge in [-0.15, -0.1) is 0 Å². The van der Waals surface area contributed by atoms with E-state index in [-0.39, 0.29) is 121 Å². The minimum absolute atomic E-state index is 0. The number of fused-ring (bicyclic) bond motifs is 4. The molecule has 47 heavy (non-hydrogen) atoms. The Morgan fingerprint density at radius 1 is 0.362 bits per heavy atom. The van der Waals surface area contributed by atoms with Crippen molar-refractivity contribution in [2.45, 2.75) is 51.9 Å². The van der Waals surface area contributed by atoms with Crippen molar-refractivity contribution in [3.8, 4) is 0 Å². The van der Waals surface area contributed by atoms with Crippen molar-refractivity contribution < 1.29 is 121 Å². The molecule has 4 bridgehead atoms. The predicted molar refractivity (Wildman–Crippen MR) is 167 cm³/mol. The van der Waals surface area contributed by atoms with Crippen molar-refractivity contribution in [2.75, 3.05) is 52.4 Å². The molecule has 2 aromatic heterocycles. The molecule has 0 radical (unpaired) electrons. The summed E-state index contributed by atoms with van der Waals surface area (Å²) in [5, 5.41) is 21.1. The zero-order valence-corrected chi connectivity index (χ0v) is 31.5. The molecular formula is C26H60Cl4N8Ni2O7+2. The van der Waals surface area contributed by atoms with E-state index in [1.807, 2.05) is 0 Å². The van der Waals surface area contributed by atoms with Crippen LogP contribution >= 0.6 is 0 Å². The molecule has 0 saturated carbocycles. The number of pyridine rings is 2. The summed E-state index contributed by atoms with van der Waals surface area (Å²) in [4.78, 5) is 9.54. The van der Waals surface area contributed by atoms with Crippen LogP contribution in [0.15, 0.2) is 36.4 Å². The molecule has 1 aliphatic rings. The molecule has 2 aromatic rings. The van der Waals surface area contributed by atoms with Crippen LogP contribution in [0.4, 0.5) is 0 Å². The third-order valence-corrected chi connectivity index (χ3v) is 5.78. The standard InChI is InChI=1S/C26H44N8.4ClH.2Ni.7H2O/c1-7-23-19-29-15-3-11-27-13-5-17-31-21-25-9-2-10-26(34-25)22-32-18-6-14-28-12-4-16-30-20-24(8-1)33-23;;;;;;;;;;;;;/h1-2,7-10,27-32H,3-6,11-22H2;4*1H;;;7*1H2/q;;;;;2*+2;;;;;;;/p-2. The van der Waals surface area contributed by atoms with E-state index in [1.54, 1.807) is 0 Å². The van der Waals surface area contributed by atoms with Crippen LogP contribution in [0.5, 0.6) is 0 Å². The molecule has 21 heteroatoms. The molecule has 0 unspecified atom stereocenters. The minimum atomic E-state index is 0. The van der Waals surface area contributed by atoms with Crippen molar-refractivity contribution >= 4 is 0 Å². The molecule has 1 aliphatic heterocycles. The molecule has 3 heterocycles. The molecule has 0 aromatic carbocycles. The fourth-order valence-electron chi connectivity index (χ4n) is 3.92. The maximum atomic E-state index is 4.77. The van der Waals surface area contributed by atoms with E-state index < -0.39 is 0 Å². The van der Waals surface area contributed by atoms with Crippen LogP contribution in [-0.4, -0.2) is 89.7 Å². The predicted octanol–water partition coefficient (Wildman–Crippen LogP) is -16.7. The normalized spacial score (nSPS) is 14.1. The second-order valence-electron chi connectivity index (χ2n) is 8.86. The first-order chi connectivity index (χ1) is 16.9. The number of hydrogen-bond acceptors (Lipinski definition) is 8. The Labute approximate surface area is 324 Å². The summed E-state index contributed by atoms with van der Waals surface area (Å²) >= 11 is 0. The smallest absolute Gasteiger partial charge is 1.00 e. The number of aromatic nitrogens is 2. The molecule has 0 fully saturated rings. The van der Waals surface area contributed by atoms with Crippen molar-refractivity contribution in [2.24, 2.45) is 0 Å². The second kappa shape index (κ2) is 52.7. The van der Waals surface area contributed by atoms with Gasteiger partial charge in [0.2, 0.25) is 0 Å². The van der Waals surface area contributed by atoms with E-state index in [0.29, 0.717) is 0 Å². The molecule has 3 rings (SSSR count). The second-order valence-corrected chi connectivity index (χ2v) is 8.86. The molecule has 292 valence electrons. The molecule has 15 nitrogen and oxygen atoms in total. The van der Waals surface area contributed by atoms with Gasteiger partial charge in [0.05, 0.1) is 22.8 Å². The van der Waals surface area contributed by atoms with Gasteiger partial charge < -0.3 is 120 Å². The number of hydrogen-bond donors (Lipinski definition) is 6. The maximum Gasteiger partial charge on any atom is 2.00 e. The van der Waals surface area contributed by atoms with Gasteiger partial charge in [-0.05, 0) is 102 Å². The molecule has 0 atom stereocenters. The first-order valence-electron chi connectivity index (χ1n) is 13.0. The van der Waals surface area contributed by atoms with Crippen molar-refractivity contribution in [1.82, 2.24) is 41.9 Å². The molecular weight excluding hydrogens is 796 g/mol. The van der Waals surface area contributed by atoms with Crippen LogP contribution in [0.1, 0.15) is 48.5 Å². The Hall–Kier alpha value is -0.0730. The Morgan fingerprint density at radius 3 is 0.766 bits per heavy atom. The summed E-state index contributed by atoms with van der Waals surface area (Å²) in [6.45, 7) is 11.4. The van der Waals surface area contributed by atoms with Crippen LogP contribution in [-0.2, 0) is 70.1 Å². The topological polar surface area (TPSA) is 321 Å². The first-order valence-corrected chi connectivity index (χ1v) is 13.0. The van der Waals surface area contributed by atoms with Crippen LogP contribution in [0, 0.1) is 0 Å². The fourth-order valence-corrected chi connectivity index (χ4v) is 3.92. The zero-order chi connectivity index (χ0) is 23.5. The van der Waals surface area contributed by atoms with Crippen LogP contribution in [0.25, 0.3) is 0 Å². The first kappa shape index (κ1) is 76.7. The third kappa shape index (κ3) is 38.6. The van der Waals surface area contributed by atoms with Crippen LogP contribution in [0.3, 0.4) is 0 Å². The van der Waals surface area contributed by atoms with Crippen molar-refractivity contribution in [3.63, 3.8) is 0 Å². The fraction of sp³-hybridized carbons (Fsp3) is 0.615. The largest absolute Gasteiger partial charge is 2.00 e. The SMILES string of the molecule is O.O.O.O.O.[Cl-].[Cl-].[Cl-].[Cl-].[Ni+2].[Ni+2].[OH3+].[OH3+].c1cc2nc(c1)CNCCCNCCCNCc1cccc(n1)CNCCCNCCCNC2. The van der Waals surface area contributed by atoms with Gasteiger partial charge in [-0.3, -0.25) is 9.97 Å². The van der Waals surface area contributed by atoms with Gasteiger partial charge >= 0.3 is 33.0 Å². The van der Waals surface area contributed by atoms with Crippen LogP contribution in [0.2, 0.25) is 0 Å². The molecule has 0 amide bonds. The maximum absolute atomic E-state index is 4.77. The van der Waals surface area contributed by atoms with E-state index in [9.17, 15) is 0 Å². The number of rotatable bonds is 0. The zero-order valence-electron chi connectivity index (χ0n) is 26.5. The molecule has 0 saturated heterocycles. The monoisotopic (exact) mass is 852 g/mol. The average Bonchev–Trinajstić information content (AvgIpc) is 2.86. The number of nitrogens with zero attached hydrogens (tertiary/aromatic N) is 2. The molecule has 0 aliphatic carbocycles. The van der Waals surface area contributed by atoms with Gasteiger partial charge in [0.15, 0.2) is 0 Å². The van der Waals surface area contributed by atoms with Gasteiger partial charge in [-0.1, -0.05) is 12.1 Å². The quantitative estimate of drug-likeness (QED) is 0.109. The van der Waals surface area contributed by atoms with Gasteiger partial charge in [-0.2, -0.15) is 0 Å². The molecule has 22 N–H and O–H groups in total. The Morgan fingerprint density at radius 2 is 0.553 bits per heavy atom. The van der Waals surface area contributed by atoms with Crippen LogP contribution < -0.4 is 81.5 Å². The van der Waals surface area contributed by atoms with E-state index in [1.165, 1.54) is 0 Å². The van der Waals surface area contributed by atoms with Crippen molar-refractivity contribution in [3.05, 3.63) is 59.2 Å². The number of halogens is 4. The third-order valence-electron chi connectivity index (χ3n) is 5.78. The van der Waals surface area contributed by atoms with Gasteiger partial charge in [-0.25, -0.2) is 0 Å². The van der Waals surface area contributed by atoms with Gasteiger partial charge in [0.25, 0.3) is 0 Å². The summed E-state index contributed by atoms with van der Waals surface area (Å²) in [6.07, 6.45) is 4.47. The van der Waals surface area contributed by atoms with Gasteiger partial charge in [0, 0.05) is 26.2 Å². The Balaban J connectivity index is -0.000000111. The van der Waals surface area contributed by atoms with E-state index in [0.717, 1.165) is 127 Å². The average molecular weight is 856 g/mol. The molecule has 0 spiro atoms. The summed E-state index contributed by atoms with van der Waals surface area (Å²) < 4.78 is 0. The van der Waals surface area contributed by atoms with E-state index >= 15 is 0 Å². The summed E-state index contributed by atoms with van der Waals surface area (Å²) in [6, 6.07) is 12.6. The minimum Gasteiger partial charge on any atom is -1.00 e. The summed E-state index contributed by atoms with van der Waals surface area (Å²) in [5.41, 5.74) is 4.45. The summed E-state index contributed by atoms with van der Waals surface area (Å²) in [7, 11) is 0. The Kier molecular flexibility index (Phi) is 86.0. The number of nitrogens with one attached hydrogen (secondary N) is 6. The van der Waals surface area contributed by atoms with E-state index in [2.05, 4.69) is 68.3 Å². The van der Waals surface area contributed by atoms with Crippen molar-refractivity contribution in [1.29, 1.82) is 0 Å². The summed E-state index contributed by atoms with van der Waals surface area (Å²) in [5.74, 6) is 0. The van der Waals surface area contributed by atoms with E-state index in [4.69, 9.17) is 9.97 Å². The Bertz CT molecular complexity index is 723.